The predicted molar refractivity (Wildman–Crippen MR) is 47.4 cm³/mol. The normalized spacial score (nSPS) is 11.2. The minimum Gasteiger partial charge on any atom is -0.393 e. The van der Waals surface area contributed by atoms with Gasteiger partial charge in [0.25, 0.3) is 5.91 Å². The summed E-state index contributed by atoms with van der Waals surface area (Å²) in [5.41, 5.74) is 0. The monoisotopic (exact) mass is 169 g/mol. The van der Waals surface area contributed by atoms with E-state index in [2.05, 4.69) is 17.2 Å². The quantitative estimate of drug-likeness (QED) is 0.469. The molecule has 3 heteroatoms. The Morgan fingerprint density at radius 1 is 1.67 bits per heavy atom. The number of carbonyl (C=O) groups is 1. The van der Waals surface area contributed by atoms with Crippen molar-refractivity contribution in [3.8, 4) is 11.8 Å². The van der Waals surface area contributed by atoms with Gasteiger partial charge in [0.05, 0.1) is 6.10 Å². The standard InChI is InChI=1S/C9H15NO2/c1-3-5-9(12)10-7-4-6-8(2)11/h8,11H,4,6-7H2,1-2H3,(H,10,12). The SMILES string of the molecule is CC#CC(=O)NCCCC(C)O. The summed E-state index contributed by atoms with van der Waals surface area (Å²) in [6, 6.07) is 0. The van der Waals surface area contributed by atoms with Crippen molar-refractivity contribution in [3.63, 3.8) is 0 Å². The molecule has 3 nitrogen and oxygen atoms in total. The summed E-state index contributed by atoms with van der Waals surface area (Å²) >= 11 is 0. The molecule has 0 bridgehead atoms. The summed E-state index contributed by atoms with van der Waals surface area (Å²) < 4.78 is 0. The lowest BCUT2D eigenvalue weighted by Crippen LogP contribution is -2.23. The van der Waals surface area contributed by atoms with Crippen LogP contribution in [0.1, 0.15) is 26.7 Å². The van der Waals surface area contributed by atoms with Crippen molar-refractivity contribution in [3.05, 3.63) is 0 Å². The lowest BCUT2D eigenvalue weighted by molar-refractivity contribution is -0.115. The van der Waals surface area contributed by atoms with Crippen molar-refractivity contribution >= 4 is 5.91 Å². The first kappa shape index (κ1) is 11.0. The molecule has 0 saturated heterocycles. The fourth-order valence-corrected chi connectivity index (χ4v) is 0.757. The predicted octanol–water partition coefficient (Wildman–Crippen LogP) is 0.287. The van der Waals surface area contributed by atoms with E-state index in [9.17, 15) is 4.79 Å². The molecule has 0 heterocycles. The zero-order chi connectivity index (χ0) is 9.40. The van der Waals surface area contributed by atoms with Crippen LogP contribution in [0, 0.1) is 11.8 Å². The Morgan fingerprint density at radius 2 is 2.33 bits per heavy atom. The van der Waals surface area contributed by atoms with Crippen LogP contribution in [0.4, 0.5) is 0 Å². The highest BCUT2D eigenvalue weighted by Gasteiger charge is 1.96. The number of amides is 1. The Labute approximate surface area is 73.2 Å². The van der Waals surface area contributed by atoms with Gasteiger partial charge in [-0.2, -0.15) is 0 Å². The molecule has 0 rings (SSSR count). The van der Waals surface area contributed by atoms with Crippen molar-refractivity contribution in [1.29, 1.82) is 0 Å². The van der Waals surface area contributed by atoms with Gasteiger partial charge in [0.1, 0.15) is 0 Å². The molecule has 0 aliphatic rings. The van der Waals surface area contributed by atoms with Crippen LogP contribution in [0.5, 0.6) is 0 Å². The summed E-state index contributed by atoms with van der Waals surface area (Å²) in [5, 5.41) is 11.5. The van der Waals surface area contributed by atoms with Gasteiger partial charge in [-0.3, -0.25) is 4.79 Å². The van der Waals surface area contributed by atoms with Crippen molar-refractivity contribution < 1.29 is 9.90 Å². The van der Waals surface area contributed by atoms with Gasteiger partial charge in [-0.25, -0.2) is 0 Å². The summed E-state index contributed by atoms with van der Waals surface area (Å²) in [5.74, 6) is 4.63. The van der Waals surface area contributed by atoms with Crippen molar-refractivity contribution in [1.82, 2.24) is 5.32 Å². The molecular formula is C9H15NO2. The minimum atomic E-state index is -0.292. The molecule has 0 spiro atoms. The molecule has 1 atom stereocenters. The van der Waals surface area contributed by atoms with Crippen LogP contribution < -0.4 is 5.32 Å². The Balaban J connectivity index is 3.30. The summed E-state index contributed by atoms with van der Waals surface area (Å²) in [7, 11) is 0. The van der Waals surface area contributed by atoms with Gasteiger partial charge < -0.3 is 10.4 Å². The van der Waals surface area contributed by atoms with E-state index >= 15 is 0 Å². The Kier molecular flexibility index (Phi) is 6.12. The molecule has 0 fully saturated rings. The van der Waals surface area contributed by atoms with E-state index < -0.39 is 0 Å². The number of nitrogens with one attached hydrogen (secondary N) is 1. The largest absolute Gasteiger partial charge is 0.393 e. The van der Waals surface area contributed by atoms with Gasteiger partial charge in [-0.1, -0.05) is 5.92 Å². The lowest BCUT2D eigenvalue weighted by Gasteiger charge is -2.03. The van der Waals surface area contributed by atoms with Gasteiger partial charge in [0, 0.05) is 6.54 Å². The second-order valence-electron chi connectivity index (χ2n) is 2.62. The maximum Gasteiger partial charge on any atom is 0.295 e. The first-order valence-corrected chi connectivity index (χ1v) is 4.05. The minimum absolute atomic E-state index is 0.247. The van der Waals surface area contributed by atoms with E-state index in [1.54, 1.807) is 13.8 Å². The Bertz CT molecular complexity index is 188. The smallest absolute Gasteiger partial charge is 0.295 e. The summed E-state index contributed by atoms with van der Waals surface area (Å²) in [4.78, 5) is 10.7. The molecule has 68 valence electrons. The Hall–Kier alpha value is -1.01. The van der Waals surface area contributed by atoms with E-state index in [0.29, 0.717) is 13.0 Å². The van der Waals surface area contributed by atoms with Gasteiger partial charge in [0.2, 0.25) is 0 Å². The first-order chi connectivity index (χ1) is 5.66. The third-order valence-corrected chi connectivity index (χ3v) is 1.32. The second kappa shape index (κ2) is 6.68. The zero-order valence-corrected chi connectivity index (χ0v) is 7.55. The molecule has 12 heavy (non-hydrogen) atoms. The fourth-order valence-electron chi connectivity index (χ4n) is 0.757. The van der Waals surface area contributed by atoms with E-state index in [0.717, 1.165) is 6.42 Å². The van der Waals surface area contributed by atoms with Crippen LogP contribution in [0.15, 0.2) is 0 Å². The molecule has 0 aliphatic carbocycles. The van der Waals surface area contributed by atoms with E-state index in [1.165, 1.54) is 0 Å². The number of carbonyl (C=O) groups excluding carboxylic acids is 1. The average molecular weight is 169 g/mol. The molecule has 0 radical (unpaired) electrons. The van der Waals surface area contributed by atoms with Gasteiger partial charge in [0.15, 0.2) is 0 Å². The van der Waals surface area contributed by atoms with Crippen LogP contribution in [0.25, 0.3) is 0 Å². The highest BCUT2D eigenvalue weighted by molar-refractivity contribution is 5.93. The number of aliphatic hydroxyl groups is 1. The molecule has 1 unspecified atom stereocenters. The molecular weight excluding hydrogens is 154 g/mol. The molecule has 2 N–H and O–H groups in total. The maximum absolute atomic E-state index is 10.7. The molecule has 0 aliphatic heterocycles. The van der Waals surface area contributed by atoms with Crippen LogP contribution in [-0.4, -0.2) is 23.7 Å². The van der Waals surface area contributed by atoms with Crippen molar-refractivity contribution in [2.24, 2.45) is 0 Å². The van der Waals surface area contributed by atoms with E-state index in [-0.39, 0.29) is 12.0 Å². The van der Waals surface area contributed by atoms with Gasteiger partial charge >= 0.3 is 0 Å². The van der Waals surface area contributed by atoms with E-state index in [1.807, 2.05) is 0 Å². The maximum atomic E-state index is 10.7. The van der Waals surface area contributed by atoms with Crippen LogP contribution in [-0.2, 0) is 4.79 Å². The first-order valence-electron chi connectivity index (χ1n) is 4.05. The molecule has 0 aromatic rings. The van der Waals surface area contributed by atoms with E-state index in [4.69, 9.17) is 5.11 Å². The molecule has 1 amide bonds. The summed E-state index contributed by atoms with van der Waals surface area (Å²) in [6.07, 6.45) is 1.20. The highest BCUT2D eigenvalue weighted by atomic mass is 16.3. The number of rotatable bonds is 4. The topological polar surface area (TPSA) is 49.3 Å². The molecule has 0 aromatic carbocycles. The second-order valence-corrected chi connectivity index (χ2v) is 2.62. The summed E-state index contributed by atoms with van der Waals surface area (Å²) in [6.45, 7) is 3.93. The number of hydrogen-bond acceptors (Lipinski definition) is 2. The van der Waals surface area contributed by atoms with Crippen LogP contribution in [0.3, 0.4) is 0 Å². The van der Waals surface area contributed by atoms with Crippen LogP contribution in [0.2, 0.25) is 0 Å². The molecule has 0 aromatic heterocycles. The third kappa shape index (κ3) is 7.10. The van der Waals surface area contributed by atoms with Crippen molar-refractivity contribution in [2.75, 3.05) is 6.54 Å². The number of hydrogen-bond donors (Lipinski definition) is 2. The Morgan fingerprint density at radius 3 is 2.83 bits per heavy atom. The van der Waals surface area contributed by atoms with Gasteiger partial charge in [-0.15, -0.1) is 0 Å². The average Bonchev–Trinajstić information content (AvgIpc) is 1.98. The van der Waals surface area contributed by atoms with Crippen molar-refractivity contribution in [2.45, 2.75) is 32.8 Å². The zero-order valence-electron chi connectivity index (χ0n) is 7.55. The molecule has 0 saturated carbocycles. The van der Waals surface area contributed by atoms with Crippen LogP contribution >= 0.6 is 0 Å². The lowest BCUT2D eigenvalue weighted by atomic mass is 10.2. The number of aliphatic hydroxyl groups excluding tert-OH is 1. The fraction of sp³-hybridized carbons (Fsp3) is 0.667. The van der Waals surface area contributed by atoms with Gasteiger partial charge in [-0.05, 0) is 32.6 Å². The highest BCUT2D eigenvalue weighted by Crippen LogP contribution is 1.92. The third-order valence-electron chi connectivity index (χ3n) is 1.32.